The predicted octanol–water partition coefficient (Wildman–Crippen LogP) is 3.99. The first kappa shape index (κ1) is 13.9. The van der Waals surface area contributed by atoms with Crippen molar-refractivity contribution in [3.63, 3.8) is 0 Å². The molecule has 1 aliphatic heterocycles. The zero-order valence-corrected chi connectivity index (χ0v) is 12.2. The molecule has 1 aliphatic rings. The third kappa shape index (κ3) is 4.20. The highest BCUT2D eigenvalue weighted by atomic mass is 16.5. The van der Waals surface area contributed by atoms with Gasteiger partial charge in [0.1, 0.15) is 11.9 Å². The van der Waals surface area contributed by atoms with Gasteiger partial charge in [0.25, 0.3) is 0 Å². The smallest absolute Gasteiger partial charge is 0.119 e. The van der Waals surface area contributed by atoms with Crippen LogP contribution in [-0.2, 0) is 0 Å². The molecule has 1 atom stereocenters. The molecule has 2 aromatic rings. The zero-order chi connectivity index (χ0) is 14.3. The van der Waals surface area contributed by atoms with E-state index >= 15 is 0 Å². The second kappa shape index (κ2) is 7.09. The topological polar surface area (TPSA) is 21.3 Å². The van der Waals surface area contributed by atoms with Crippen LogP contribution in [0.25, 0.3) is 12.2 Å². The van der Waals surface area contributed by atoms with E-state index in [1.54, 1.807) is 0 Å². The van der Waals surface area contributed by atoms with E-state index in [-0.39, 0.29) is 0 Å². The van der Waals surface area contributed by atoms with E-state index in [4.69, 9.17) is 4.74 Å². The van der Waals surface area contributed by atoms with Gasteiger partial charge in [-0.15, -0.1) is 0 Å². The van der Waals surface area contributed by atoms with Gasteiger partial charge in [-0.25, -0.2) is 0 Å². The number of piperidine rings is 1. The lowest BCUT2D eigenvalue weighted by atomic mass is 10.1. The monoisotopic (exact) mass is 279 g/mol. The van der Waals surface area contributed by atoms with Gasteiger partial charge in [0, 0.05) is 6.54 Å². The van der Waals surface area contributed by atoms with E-state index in [1.165, 1.54) is 17.5 Å². The molecule has 2 nitrogen and oxygen atoms in total. The van der Waals surface area contributed by atoms with Crippen LogP contribution in [0.15, 0.2) is 54.6 Å². The number of nitrogens with one attached hydrogen (secondary N) is 1. The summed E-state index contributed by atoms with van der Waals surface area (Å²) >= 11 is 0. The van der Waals surface area contributed by atoms with Crippen molar-refractivity contribution in [3.8, 4) is 5.75 Å². The molecule has 1 heterocycles. The fraction of sp³-hybridized carbons (Fsp3) is 0.263. The van der Waals surface area contributed by atoms with Crippen LogP contribution in [0.1, 0.15) is 24.0 Å². The van der Waals surface area contributed by atoms with Gasteiger partial charge >= 0.3 is 0 Å². The highest BCUT2D eigenvalue weighted by molar-refractivity contribution is 5.69. The Labute approximate surface area is 126 Å². The van der Waals surface area contributed by atoms with Crippen LogP contribution in [0.3, 0.4) is 0 Å². The first-order valence-electron chi connectivity index (χ1n) is 7.61. The maximum absolute atomic E-state index is 5.99. The lowest BCUT2D eigenvalue weighted by molar-refractivity contribution is 0.167. The maximum Gasteiger partial charge on any atom is 0.119 e. The normalized spacial score (nSPS) is 18.8. The molecule has 0 saturated carbocycles. The molecule has 2 aromatic carbocycles. The van der Waals surface area contributed by atoms with Crippen LogP contribution in [0, 0.1) is 0 Å². The Bertz CT molecular complexity index is 568. The van der Waals surface area contributed by atoms with Crippen molar-refractivity contribution in [2.45, 2.75) is 18.9 Å². The molecule has 0 radical (unpaired) electrons. The molecular weight excluding hydrogens is 258 g/mol. The summed E-state index contributed by atoms with van der Waals surface area (Å²) in [7, 11) is 0. The van der Waals surface area contributed by atoms with E-state index < -0.39 is 0 Å². The van der Waals surface area contributed by atoms with E-state index in [2.05, 4.69) is 66.0 Å². The second-order valence-corrected chi connectivity index (χ2v) is 5.40. The van der Waals surface area contributed by atoms with E-state index in [0.717, 1.165) is 25.3 Å². The van der Waals surface area contributed by atoms with Gasteiger partial charge in [0.15, 0.2) is 0 Å². The molecule has 0 amide bonds. The molecule has 1 unspecified atom stereocenters. The van der Waals surface area contributed by atoms with E-state index in [0.29, 0.717) is 6.10 Å². The highest BCUT2D eigenvalue weighted by Crippen LogP contribution is 2.18. The van der Waals surface area contributed by atoms with Crippen molar-refractivity contribution in [3.05, 3.63) is 65.7 Å². The van der Waals surface area contributed by atoms with Crippen molar-refractivity contribution in [1.82, 2.24) is 5.32 Å². The number of ether oxygens (including phenoxy) is 1. The summed E-state index contributed by atoms with van der Waals surface area (Å²) in [5.41, 5.74) is 2.40. The quantitative estimate of drug-likeness (QED) is 0.855. The average molecular weight is 279 g/mol. The van der Waals surface area contributed by atoms with Gasteiger partial charge in [-0.2, -0.15) is 0 Å². The Morgan fingerprint density at radius 3 is 2.29 bits per heavy atom. The SMILES string of the molecule is C(=C\c1ccc(OC2CCCNC2)cc1)/c1ccccc1. The molecule has 0 aliphatic carbocycles. The third-order valence-electron chi connectivity index (χ3n) is 3.70. The molecular formula is C19H21NO. The molecule has 0 bridgehead atoms. The van der Waals surface area contributed by atoms with Crippen molar-refractivity contribution < 1.29 is 4.74 Å². The fourth-order valence-corrected chi connectivity index (χ4v) is 2.53. The summed E-state index contributed by atoms with van der Waals surface area (Å²) < 4.78 is 5.99. The minimum Gasteiger partial charge on any atom is -0.489 e. The Kier molecular flexibility index (Phi) is 4.70. The van der Waals surface area contributed by atoms with Crippen LogP contribution < -0.4 is 10.1 Å². The molecule has 108 valence electrons. The second-order valence-electron chi connectivity index (χ2n) is 5.40. The van der Waals surface area contributed by atoms with E-state index in [9.17, 15) is 0 Å². The Morgan fingerprint density at radius 1 is 0.905 bits per heavy atom. The summed E-state index contributed by atoms with van der Waals surface area (Å²) in [6, 6.07) is 18.6. The summed E-state index contributed by atoms with van der Waals surface area (Å²) in [6.07, 6.45) is 6.90. The van der Waals surface area contributed by atoms with Gasteiger partial charge in [0.2, 0.25) is 0 Å². The molecule has 1 N–H and O–H groups in total. The molecule has 1 saturated heterocycles. The number of hydrogen-bond donors (Lipinski definition) is 1. The van der Waals surface area contributed by atoms with Crippen LogP contribution in [0.5, 0.6) is 5.75 Å². The lowest BCUT2D eigenvalue weighted by Gasteiger charge is -2.23. The maximum atomic E-state index is 5.99. The standard InChI is InChI=1S/C19H21NO/c1-2-5-16(6-3-1)8-9-17-10-12-18(13-11-17)21-19-7-4-14-20-15-19/h1-3,5-6,8-13,19-20H,4,7,14-15H2/b9-8+. The van der Waals surface area contributed by atoms with Crippen LogP contribution in [-0.4, -0.2) is 19.2 Å². The van der Waals surface area contributed by atoms with Crippen LogP contribution >= 0.6 is 0 Å². The van der Waals surface area contributed by atoms with Crippen molar-refractivity contribution in [2.24, 2.45) is 0 Å². The van der Waals surface area contributed by atoms with Crippen molar-refractivity contribution >= 4 is 12.2 Å². The lowest BCUT2D eigenvalue weighted by Crippen LogP contribution is -2.37. The minimum absolute atomic E-state index is 0.310. The highest BCUT2D eigenvalue weighted by Gasteiger charge is 2.13. The number of hydrogen-bond acceptors (Lipinski definition) is 2. The van der Waals surface area contributed by atoms with Gasteiger partial charge in [0.05, 0.1) is 0 Å². The largest absolute Gasteiger partial charge is 0.489 e. The third-order valence-corrected chi connectivity index (χ3v) is 3.70. The summed E-state index contributed by atoms with van der Waals surface area (Å²) in [5, 5.41) is 3.37. The summed E-state index contributed by atoms with van der Waals surface area (Å²) in [6.45, 7) is 2.07. The van der Waals surface area contributed by atoms with E-state index in [1.807, 2.05) is 6.07 Å². The van der Waals surface area contributed by atoms with Gasteiger partial charge in [-0.1, -0.05) is 54.6 Å². The summed E-state index contributed by atoms with van der Waals surface area (Å²) in [4.78, 5) is 0. The van der Waals surface area contributed by atoms with Gasteiger partial charge in [-0.3, -0.25) is 0 Å². The molecule has 21 heavy (non-hydrogen) atoms. The van der Waals surface area contributed by atoms with Crippen molar-refractivity contribution in [2.75, 3.05) is 13.1 Å². The van der Waals surface area contributed by atoms with Crippen molar-refractivity contribution in [1.29, 1.82) is 0 Å². The molecule has 1 fully saturated rings. The molecule has 0 aromatic heterocycles. The minimum atomic E-state index is 0.310. The molecule has 0 spiro atoms. The Hall–Kier alpha value is -2.06. The average Bonchev–Trinajstić information content (AvgIpc) is 2.56. The predicted molar refractivity (Wildman–Crippen MR) is 88.3 cm³/mol. The number of benzene rings is 2. The Balaban J connectivity index is 1.60. The zero-order valence-electron chi connectivity index (χ0n) is 12.2. The van der Waals surface area contributed by atoms with Crippen LogP contribution in [0.2, 0.25) is 0 Å². The first-order chi connectivity index (χ1) is 10.4. The number of rotatable bonds is 4. The van der Waals surface area contributed by atoms with Gasteiger partial charge < -0.3 is 10.1 Å². The van der Waals surface area contributed by atoms with Gasteiger partial charge in [-0.05, 0) is 42.6 Å². The fourth-order valence-electron chi connectivity index (χ4n) is 2.53. The van der Waals surface area contributed by atoms with Crippen LogP contribution in [0.4, 0.5) is 0 Å². The first-order valence-corrected chi connectivity index (χ1v) is 7.61. The Morgan fingerprint density at radius 2 is 1.62 bits per heavy atom. The molecule has 2 heteroatoms. The summed E-state index contributed by atoms with van der Waals surface area (Å²) in [5.74, 6) is 0.959. The molecule has 3 rings (SSSR count).